The zero-order valence-corrected chi connectivity index (χ0v) is 14.6. The lowest BCUT2D eigenvalue weighted by molar-refractivity contribution is 0.0505. The number of nitrogens with one attached hydrogen (secondary N) is 1. The molecule has 0 aliphatic rings. The molecule has 1 heterocycles. The third kappa shape index (κ3) is 4.83. The molecule has 0 saturated carbocycles. The van der Waals surface area contributed by atoms with Gasteiger partial charge in [-0.3, -0.25) is 0 Å². The molecule has 1 atom stereocenters. The molecule has 0 aliphatic heterocycles. The van der Waals surface area contributed by atoms with Crippen molar-refractivity contribution in [3.63, 3.8) is 0 Å². The van der Waals surface area contributed by atoms with Crippen LogP contribution in [0, 0.1) is 0 Å². The Balaban J connectivity index is 2.18. The SMILES string of the molecule is COc1nc2ccccc2cc1CC(CN)NC(=O)OC(C)(C)C. The van der Waals surface area contributed by atoms with E-state index in [1.807, 2.05) is 51.1 Å². The standard InChI is InChI=1S/C18H25N3O3/c1-18(2,3)24-17(22)20-14(11-19)10-13-9-12-7-5-6-8-15(12)21-16(13)23-4/h5-9,14H,10-11,19H2,1-4H3,(H,20,22). The van der Waals surface area contributed by atoms with Crippen LogP contribution in [0.3, 0.4) is 0 Å². The predicted octanol–water partition coefficient (Wildman–Crippen LogP) is 2.64. The normalized spacial score (nSPS) is 12.7. The number of carbonyl (C=O) groups excluding carboxylic acids is 1. The number of para-hydroxylation sites is 1. The molecule has 3 N–H and O–H groups in total. The van der Waals surface area contributed by atoms with Crippen LogP contribution in [0.5, 0.6) is 5.88 Å². The molecule has 2 rings (SSSR count). The van der Waals surface area contributed by atoms with Crippen LogP contribution in [0.25, 0.3) is 10.9 Å². The maximum absolute atomic E-state index is 11.9. The van der Waals surface area contributed by atoms with Crippen LogP contribution in [0.2, 0.25) is 0 Å². The number of aromatic nitrogens is 1. The molecule has 1 aromatic carbocycles. The number of ether oxygens (including phenoxy) is 2. The highest BCUT2D eigenvalue weighted by atomic mass is 16.6. The summed E-state index contributed by atoms with van der Waals surface area (Å²) in [4.78, 5) is 16.5. The molecule has 130 valence electrons. The molecule has 0 radical (unpaired) electrons. The van der Waals surface area contributed by atoms with E-state index in [2.05, 4.69) is 10.3 Å². The van der Waals surface area contributed by atoms with Crippen molar-refractivity contribution in [1.29, 1.82) is 0 Å². The maximum atomic E-state index is 11.9. The highest BCUT2D eigenvalue weighted by Gasteiger charge is 2.20. The number of hydrogen-bond donors (Lipinski definition) is 2. The summed E-state index contributed by atoms with van der Waals surface area (Å²) in [6.07, 6.45) is 0.0298. The fourth-order valence-electron chi connectivity index (χ4n) is 2.40. The Hall–Kier alpha value is -2.34. The Bertz CT molecular complexity index is 710. The number of fused-ring (bicyclic) bond motifs is 1. The highest BCUT2D eigenvalue weighted by Crippen LogP contribution is 2.23. The molecule has 0 bridgehead atoms. The van der Waals surface area contributed by atoms with E-state index in [9.17, 15) is 4.79 Å². The minimum absolute atomic E-state index is 0.267. The summed E-state index contributed by atoms with van der Waals surface area (Å²) < 4.78 is 10.7. The maximum Gasteiger partial charge on any atom is 0.407 e. The van der Waals surface area contributed by atoms with Gasteiger partial charge >= 0.3 is 6.09 Å². The fourth-order valence-corrected chi connectivity index (χ4v) is 2.40. The summed E-state index contributed by atoms with van der Waals surface area (Å²) in [6, 6.07) is 9.56. The minimum Gasteiger partial charge on any atom is -0.481 e. The van der Waals surface area contributed by atoms with Gasteiger partial charge in [-0.15, -0.1) is 0 Å². The van der Waals surface area contributed by atoms with Crippen molar-refractivity contribution >= 4 is 17.0 Å². The van der Waals surface area contributed by atoms with Crippen molar-refractivity contribution in [3.05, 3.63) is 35.9 Å². The van der Waals surface area contributed by atoms with E-state index in [0.29, 0.717) is 12.3 Å². The van der Waals surface area contributed by atoms with Crippen molar-refractivity contribution in [1.82, 2.24) is 10.3 Å². The molecular formula is C18H25N3O3. The van der Waals surface area contributed by atoms with E-state index in [-0.39, 0.29) is 12.6 Å². The van der Waals surface area contributed by atoms with Crippen LogP contribution in [0.15, 0.2) is 30.3 Å². The number of nitrogens with zero attached hydrogens (tertiary/aromatic N) is 1. The van der Waals surface area contributed by atoms with Crippen LogP contribution in [-0.2, 0) is 11.2 Å². The Morgan fingerprint density at radius 1 is 1.33 bits per heavy atom. The number of nitrogens with two attached hydrogens (primary N) is 1. The Kier molecular flexibility index (Phi) is 5.62. The van der Waals surface area contributed by atoms with Crippen LogP contribution in [0.1, 0.15) is 26.3 Å². The number of rotatable bonds is 5. The molecule has 1 amide bonds. The average molecular weight is 331 g/mol. The first kappa shape index (κ1) is 18.0. The fraction of sp³-hybridized carbons (Fsp3) is 0.444. The summed E-state index contributed by atoms with van der Waals surface area (Å²) >= 11 is 0. The van der Waals surface area contributed by atoms with Gasteiger partial charge in [0.05, 0.1) is 12.6 Å². The average Bonchev–Trinajstić information content (AvgIpc) is 2.51. The zero-order chi connectivity index (χ0) is 17.7. The number of alkyl carbamates (subject to hydrolysis) is 1. The zero-order valence-electron chi connectivity index (χ0n) is 14.6. The second-order valence-electron chi connectivity index (χ2n) is 6.63. The van der Waals surface area contributed by atoms with Gasteiger partial charge in [-0.25, -0.2) is 9.78 Å². The Labute approximate surface area is 142 Å². The number of benzene rings is 1. The van der Waals surface area contributed by atoms with Gasteiger partial charge < -0.3 is 20.5 Å². The van der Waals surface area contributed by atoms with E-state index < -0.39 is 11.7 Å². The predicted molar refractivity (Wildman–Crippen MR) is 94.2 cm³/mol. The van der Waals surface area contributed by atoms with Gasteiger partial charge in [0.25, 0.3) is 0 Å². The number of amides is 1. The summed E-state index contributed by atoms with van der Waals surface area (Å²) in [6.45, 7) is 5.75. The van der Waals surface area contributed by atoms with Crippen LogP contribution in [-0.4, -0.2) is 36.4 Å². The van der Waals surface area contributed by atoms with Crippen LogP contribution < -0.4 is 15.8 Å². The van der Waals surface area contributed by atoms with Crippen LogP contribution >= 0.6 is 0 Å². The minimum atomic E-state index is -0.550. The number of methoxy groups -OCH3 is 1. The largest absolute Gasteiger partial charge is 0.481 e. The van der Waals surface area contributed by atoms with Crippen molar-refractivity contribution in [2.75, 3.05) is 13.7 Å². The van der Waals surface area contributed by atoms with E-state index >= 15 is 0 Å². The third-order valence-corrected chi connectivity index (χ3v) is 3.43. The number of pyridine rings is 1. The highest BCUT2D eigenvalue weighted by molar-refractivity contribution is 5.80. The molecule has 2 aromatic rings. The van der Waals surface area contributed by atoms with Crippen molar-refractivity contribution in [3.8, 4) is 5.88 Å². The van der Waals surface area contributed by atoms with Gasteiger partial charge in [-0.05, 0) is 39.3 Å². The molecule has 1 aromatic heterocycles. The lowest BCUT2D eigenvalue weighted by Gasteiger charge is -2.23. The topological polar surface area (TPSA) is 86.5 Å². The molecular weight excluding hydrogens is 306 g/mol. The molecule has 1 unspecified atom stereocenters. The second kappa shape index (κ2) is 7.49. The number of carbonyl (C=O) groups is 1. The van der Waals surface area contributed by atoms with Crippen molar-refractivity contribution < 1.29 is 14.3 Å². The Morgan fingerprint density at radius 2 is 2.04 bits per heavy atom. The smallest absolute Gasteiger partial charge is 0.407 e. The summed E-state index contributed by atoms with van der Waals surface area (Å²) in [5.41, 5.74) is 7.01. The third-order valence-electron chi connectivity index (χ3n) is 3.43. The van der Waals surface area contributed by atoms with E-state index in [0.717, 1.165) is 16.5 Å². The summed E-state index contributed by atoms with van der Waals surface area (Å²) in [5.74, 6) is 0.540. The van der Waals surface area contributed by atoms with E-state index in [4.69, 9.17) is 15.2 Å². The molecule has 0 fully saturated rings. The summed E-state index contributed by atoms with van der Waals surface area (Å²) in [5, 5.41) is 3.82. The van der Waals surface area contributed by atoms with E-state index in [1.165, 1.54) is 0 Å². The van der Waals surface area contributed by atoms with Gasteiger partial charge in [0.15, 0.2) is 0 Å². The van der Waals surface area contributed by atoms with Gasteiger partial charge in [0.2, 0.25) is 5.88 Å². The van der Waals surface area contributed by atoms with Gasteiger partial charge in [0.1, 0.15) is 5.60 Å². The molecule has 0 aliphatic carbocycles. The van der Waals surface area contributed by atoms with E-state index in [1.54, 1.807) is 7.11 Å². The first-order valence-corrected chi connectivity index (χ1v) is 7.94. The first-order valence-electron chi connectivity index (χ1n) is 7.94. The molecule has 0 saturated heterocycles. The van der Waals surface area contributed by atoms with Gasteiger partial charge in [-0.1, -0.05) is 18.2 Å². The van der Waals surface area contributed by atoms with Gasteiger partial charge in [0, 0.05) is 23.5 Å². The molecule has 24 heavy (non-hydrogen) atoms. The second-order valence-corrected chi connectivity index (χ2v) is 6.63. The molecule has 6 heteroatoms. The lowest BCUT2D eigenvalue weighted by atomic mass is 10.0. The van der Waals surface area contributed by atoms with Gasteiger partial charge in [-0.2, -0.15) is 0 Å². The quantitative estimate of drug-likeness (QED) is 0.879. The number of hydrogen-bond acceptors (Lipinski definition) is 5. The summed E-state index contributed by atoms with van der Waals surface area (Å²) in [7, 11) is 1.58. The molecule has 6 nitrogen and oxygen atoms in total. The van der Waals surface area contributed by atoms with Crippen molar-refractivity contribution in [2.24, 2.45) is 5.73 Å². The van der Waals surface area contributed by atoms with Crippen molar-refractivity contribution in [2.45, 2.75) is 38.8 Å². The molecule has 0 spiro atoms. The Morgan fingerprint density at radius 3 is 2.67 bits per heavy atom. The monoisotopic (exact) mass is 331 g/mol. The lowest BCUT2D eigenvalue weighted by Crippen LogP contribution is -2.44. The first-order chi connectivity index (χ1) is 11.3. The van der Waals surface area contributed by atoms with Crippen LogP contribution in [0.4, 0.5) is 4.79 Å².